The number of ether oxygens (including phenoxy) is 3. The van der Waals surface area contributed by atoms with Crippen molar-refractivity contribution in [1.29, 1.82) is 0 Å². The Labute approximate surface area is 190 Å². The molecule has 0 amide bonds. The molecular formula is C23H23ClN4O4. The first-order valence-electron chi connectivity index (χ1n) is 10.1. The molecule has 2 aromatic carbocycles. The van der Waals surface area contributed by atoms with Crippen molar-refractivity contribution in [2.45, 2.75) is 26.5 Å². The number of hydrogen-bond acceptors (Lipinski definition) is 7. The van der Waals surface area contributed by atoms with Crippen molar-refractivity contribution >= 4 is 23.5 Å². The fourth-order valence-corrected chi connectivity index (χ4v) is 3.81. The molecule has 8 nitrogen and oxygen atoms in total. The van der Waals surface area contributed by atoms with E-state index < -0.39 is 12.0 Å². The Morgan fingerprint density at radius 3 is 2.78 bits per heavy atom. The van der Waals surface area contributed by atoms with Crippen LogP contribution in [0.15, 0.2) is 60.1 Å². The van der Waals surface area contributed by atoms with Gasteiger partial charge in [-0.15, -0.1) is 0 Å². The van der Waals surface area contributed by atoms with Gasteiger partial charge in [-0.1, -0.05) is 35.9 Å². The van der Waals surface area contributed by atoms with Gasteiger partial charge in [0.05, 0.1) is 19.3 Å². The highest BCUT2D eigenvalue weighted by atomic mass is 35.5. The summed E-state index contributed by atoms with van der Waals surface area (Å²) in [5, 5.41) is 8.07. The first-order chi connectivity index (χ1) is 15.5. The number of fused-ring (bicyclic) bond motifs is 1. The summed E-state index contributed by atoms with van der Waals surface area (Å²) in [5.41, 5.74) is 2.76. The Hall–Kier alpha value is -3.52. The van der Waals surface area contributed by atoms with Crippen molar-refractivity contribution in [3.63, 3.8) is 0 Å². The zero-order valence-corrected chi connectivity index (χ0v) is 18.7. The normalized spacial score (nSPS) is 15.1. The number of halogens is 1. The number of methoxy groups -OCH3 is 1. The number of anilines is 1. The topological polar surface area (TPSA) is 87.5 Å². The van der Waals surface area contributed by atoms with Crippen LogP contribution in [0.3, 0.4) is 0 Å². The number of rotatable bonds is 7. The van der Waals surface area contributed by atoms with Crippen molar-refractivity contribution in [1.82, 2.24) is 14.8 Å². The molecular weight excluding hydrogens is 432 g/mol. The molecule has 0 spiro atoms. The van der Waals surface area contributed by atoms with Crippen LogP contribution in [0.5, 0.6) is 11.5 Å². The molecule has 9 heteroatoms. The number of benzene rings is 2. The number of nitrogens with one attached hydrogen (secondary N) is 1. The quantitative estimate of drug-likeness (QED) is 0.530. The Morgan fingerprint density at radius 1 is 1.22 bits per heavy atom. The summed E-state index contributed by atoms with van der Waals surface area (Å²) < 4.78 is 18.5. The summed E-state index contributed by atoms with van der Waals surface area (Å²) in [6.45, 7) is 4.15. The number of hydrogen-bond donors (Lipinski definition) is 1. The second kappa shape index (κ2) is 9.32. The summed E-state index contributed by atoms with van der Waals surface area (Å²) in [7, 11) is 1.57. The van der Waals surface area contributed by atoms with Gasteiger partial charge < -0.3 is 19.5 Å². The second-order valence-electron chi connectivity index (χ2n) is 7.11. The third-order valence-corrected chi connectivity index (χ3v) is 5.50. The first-order valence-corrected chi connectivity index (χ1v) is 10.5. The van der Waals surface area contributed by atoms with Crippen molar-refractivity contribution in [2.24, 2.45) is 0 Å². The molecule has 4 rings (SSSR count). The van der Waals surface area contributed by atoms with Crippen LogP contribution in [0.4, 0.5) is 5.95 Å². The maximum absolute atomic E-state index is 12.8. The van der Waals surface area contributed by atoms with Gasteiger partial charge in [0.25, 0.3) is 0 Å². The molecule has 0 bridgehead atoms. The SMILES string of the molecule is CCOC(=O)C1=C(C)Nc2ncnn2[C@H]1c1ccc(OCc2ccccc2Cl)c(OC)c1. The number of esters is 1. The molecule has 1 aliphatic rings. The van der Waals surface area contributed by atoms with Crippen molar-refractivity contribution < 1.29 is 19.0 Å². The molecule has 2 heterocycles. The Balaban J connectivity index is 1.69. The molecule has 1 aliphatic heterocycles. The van der Waals surface area contributed by atoms with E-state index in [2.05, 4.69) is 15.4 Å². The van der Waals surface area contributed by atoms with Gasteiger partial charge in [-0.3, -0.25) is 0 Å². The molecule has 1 N–H and O–H groups in total. The van der Waals surface area contributed by atoms with Crippen LogP contribution in [0.25, 0.3) is 0 Å². The van der Waals surface area contributed by atoms with E-state index in [1.165, 1.54) is 6.33 Å². The van der Waals surface area contributed by atoms with Crippen LogP contribution >= 0.6 is 11.6 Å². The Kier molecular flexibility index (Phi) is 6.32. The molecule has 1 atom stereocenters. The lowest BCUT2D eigenvalue weighted by atomic mass is 9.95. The predicted octanol–water partition coefficient (Wildman–Crippen LogP) is 4.37. The fourth-order valence-electron chi connectivity index (χ4n) is 3.62. The third kappa shape index (κ3) is 4.13. The number of carbonyl (C=O) groups excluding carboxylic acids is 1. The second-order valence-corrected chi connectivity index (χ2v) is 7.51. The van der Waals surface area contributed by atoms with E-state index >= 15 is 0 Å². The van der Waals surface area contributed by atoms with Gasteiger partial charge in [-0.2, -0.15) is 10.1 Å². The van der Waals surface area contributed by atoms with E-state index in [9.17, 15) is 4.79 Å². The standard InChI is InChI=1S/C23H23ClN4O4/c1-4-31-22(29)20-14(2)27-23-25-13-26-28(23)21(20)15-9-10-18(19(11-15)30-3)32-12-16-7-5-6-8-17(16)24/h5-11,13,21H,4,12H2,1-3H3,(H,25,26,27)/t21-/m0/s1. The van der Waals surface area contributed by atoms with E-state index in [0.717, 1.165) is 11.1 Å². The fraction of sp³-hybridized carbons (Fsp3) is 0.261. The maximum atomic E-state index is 12.8. The molecule has 0 unspecified atom stereocenters. The molecule has 0 saturated heterocycles. The highest BCUT2D eigenvalue weighted by molar-refractivity contribution is 6.31. The number of nitrogens with zero attached hydrogens (tertiary/aromatic N) is 3. The summed E-state index contributed by atoms with van der Waals surface area (Å²) in [4.78, 5) is 17.0. The van der Waals surface area contributed by atoms with Gasteiger partial charge in [0.2, 0.25) is 5.95 Å². The average molecular weight is 455 g/mol. The van der Waals surface area contributed by atoms with E-state index in [1.54, 1.807) is 18.7 Å². The smallest absolute Gasteiger partial charge is 0.338 e. The zero-order valence-electron chi connectivity index (χ0n) is 18.0. The lowest BCUT2D eigenvalue weighted by molar-refractivity contribution is -0.139. The van der Waals surface area contributed by atoms with Crippen LogP contribution in [-0.2, 0) is 16.1 Å². The molecule has 3 aromatic rings. The number of aromatic nitrogens is 3. The van der Waals surface area contributed by atoms with Gasteiger partial charge in [-0.05, 0) is 37.6 Å². The average Bonchev–Trinajstić information content (AvgIpc) is 3.25. The molecule has 32 heavy (non-hydrogen) atoms. The van der Waals surface area contributed by atoms with E-state index in [1.807, 2.05) is 49.4 Å². The summed E-state index contributed by atoms with van der Waals surface area (Å²) >= 11 is 6.23. The van der Waals surface area contributed by atoms with Crippen LogP contribution < -0.4 is 14.8 Å². The van der Waals surface area contributed by atoms with E-state index in [0.29, 0.717) is 40.3 Å². The molecule has 0 radical (unpaired) electrons. The molecule has 0 saturated carbocycles. The van der Waals surface area contributed by atoms with E-state index in [4.69, 9.17) is 25.8 Å². The minimum atomic E-state index is -0.528. The minimum absolute atomic E-state index is 0.269. The van der Waals surface area contributed by atoms with Crippen LogP contribution in [0.1, 0.15) is 31.0 Å². The third-order valence-electron chi connectivity index (χ3n) is 5.13. The highest BCUT2D eigenvalue weighted by Crippen LogP contribution is 2.39. The molecule has 1 aromatic heterocycles. The maximum Gasteiger partial charge on any atom is 0.338 e. The number of carbonyl (C=O) groups is 1. The summed E-state index contributed by atoms with van der Waals surface area (Å²) in [6, 6.07) is 12.5. The minimum Gasteiger partial charge on any atom is -0.493 e. The van der Waals surface area contributed by atoms with Gasteiger partial charge in [0.15, 0.2) is 11.5 Å². The largest absolute Gasteiger partial charge is 0.493 e. The van der Waals surface area contributed by atoms with Crippen LogP contribution in [0.2, 0.25) is 5.02 Å². The predicted molar refractivity (Wildman–Crippen MR) is 120 cm³/mol. The lowest BCUT2D eigenvalue weighted by Crippen LogP contribution is -2.29. The van der Waals surface area contributed by atoms with Gasteiger partial charge in [0.1, 0.15) is 19.0 Å². The van der Waals surface area contributed by atoms with E-state index in [-0.39, 0.29) is 6.61 Å². The summed E-state index contributed by atoms with van der Waals surface area (Å²) in [6.07, 6.45) is 1.44. The van der Waals surface area contributed by atoms with Gasteiger partial charge in [-0.25, -0.2) is 9.48 Å². The number of allylic oxidation sites excluding steroid dienone is 1. The Bertz CT molecular complexity index is 1170. The van der Waals surface area contributed by atoms with Gasteiger partial charge in [0, 0.05) is 16.3 Å². The molecule has 166 valence electrons. The van der Waals surface area contributed by atoms with Crippen molar-refractivity contribution in [3.05, 3.63) is 76.2 Å². The molecule has 0 fully saturated rings. The Morgan fingerprint density at radius 2 is 2.03 bits per heavy atom. The van der Waals surface area contributed by atoms with Crippen molar-refractivity contribution in [2.75, 3.05) is 19.0 Å². The molecule has 0 aliphatic carbocycles. The summed E-state index contributed by atoms with van der Waals surface area (Å²) in [5.74, 6) is 1.21. The lowest BCUT2D eigenvalue weighted by Gasteiger charge is -2.28. The van der Waals surface area contributed by atoms with Gasteiger partial charge >= 0.3 is 5.97 Å². The van der Waals surface area contributed by atoms with Crippen LogP contribution in [0, 0.1) is 0 Å². The van der Waals surface area contributed by atoms with Crippen molar-refractivity contribution in [3.8, 4) is 11.5 Å². The monoisotopic (exact) mass is 454 g/mol. The zero-order chi connectivity index (χ0) is 22.7. The highest BCUT2D eigenvalue weighted by Gasteiger charge is 2.34. The van der Waals surface area contributed by atoms with Crippen LogP contribution in [-0.4, -0.2) is 34.5 Å². The first kappa shape index (κ1) is 21.7.